The molecule has 0 spiro atoms. The first-order valence-corrected chi connectivity index (χ1v) is 9.09. The van der Waals surface area contributed by atoms with Crippen LogP contribution in [0.5, 0.6) is 0 Å². The fourth-order valence-corrected chi connectivity index (χ4v) is 5.00. The van der Waals surface area contributed by atoms with Crippen molar-refractivity contribution in [1.29, 1.82) is 0 Å². The van der Waals surface area contributed by atoms with E-state index in [9.17, 15) is 8.42 Å². The fourth-order valence-electron chi connectivity index (χ4n) is 1.85. The standard InChI is InChI=1S/C13H15BrN2O2S2/c1-9-8-19-12(7-15-2)13(9)20(17,18)16-11-5-3-10(14)4-6-11/h3-6,8,15-16H,7H2,1-2H3. The lowest BCUT2D eigenvalue weighted by molar-refractivity contribution is 0.599. The fraction of sp³-hybridized carbons (Fsp3) is 0.231. The van der Waals surface area contributed by atoms with Gasteiger partial charge in [0.25, 0.3) is 10.0 Å². The van der Waals surface area contributed by atoms with Gasteiger partial charge in [0, 0.05) is 21.6 Å². The summed E-state index contributed by atoms with van der Waals surface area (Å²) in [5.41, 5.74) is 1.32. The average molecular weight is 375 g/mol. The molecule has 20 heavy (non-hydrogen) atoms. The maximum atomic E-state index is 12.5. The first-order chi connectivity index (χ1) is 9.44. The maximum Gasteiger partial charge on any atom is 0.263 e. The van der Waals surface area contributed by atoms with Gasteiger partial charge in [-0.2, -0.15) is 0 Å². The van der Waals surface area contributed by atoms with Crippen molar-refractivity contribution in [3.8, 4) is 0 Å². The van der Waals surface area contributed by atoms with Crippen molar-refractivity contribution in [2.45, 2.75) is 18.4 Å². The zero-order valence-corrected chi connectivity index (χ0v) is 14.3. The average Bonchev–Trinajstić information content (AvgIpc) is 2.74. The number of rotatable bonds is 5. The molecule has 108 valence electrons. The predicted octanol–water partition coefficient (Wildman–Crippen LogP) is 3.34. The largest absolute Gasteiger partial charge is 0.315 e. The Morgan fingerprint density at radius 2 is 1.90 bits per heavy atom. The van der Waals surface area contributed by atoms with Gasteiger partial charge in [0.15, 0.2) is 0 Å². The van der Waals surface area contributed by atoms with E-state index in [0.29, 0.717) is 17.1 Å². The van der Waals surface area contributed by atoms with Gasteiger partial charge in [-0.3, -0.25) is 4.72 Å². The molecule has 1 heterocycles. The lowest BCUT2D eigenvalue weighted by Crippen LogP contribution is -2.16. The van der Waals surface area contributed by atoms with Gasteiger partial charge in [0.05, 0.1) is 0 Å². The van der Waals surface area contributed by atoms with Crippen molar-refractivity contribution in [3.63, 3.8) is 0 Å². The zero-order chi connectivity index (χ0) is 14.8. The SMILES string of the molecule is CNCc1scc(C)c1S(=O)(=O)Nc1ccc(Br)cc1. The van der Waals surface area contributed by atoms with Gasteiger partial charge in [-0.15, -0.1) is 11.3 Å². The molecule has 0 aliphatic carbocycles. The summed E-state index contributed by atoms with van der Waals surface area (Å²) < 4.78 is 28.6. The Hall–Kier alpha value is -0.890. The molecule has 4 nitrogen and oxygen atoms in total. The monoisotopic (exact) mass is 374 g/mol. The normalized spacial score (nSPS) is 11.6. The first-order valence-electron chi connectivity index (χ1n) is 5.94. The Bertz CT molecular complexity index is 694. The third-order valence-corrected chi connectivity index (χ3v) is 6.06. The van der Waals surface area contributed by atoms with Crippen LogP contribution in [0.1, 0.15) is 10.4 Å². The van der Waals surface area contributed by atoms with Crippen LogP contribution in [0, 0.1) is 6.92 Å². The summed E-state index contributed by atoms with van der Waals surface area (Å²) in [4.78, 5) is 1.19. The van der Waals surface area contributed by atoms with E-state index in [1.54, 1.807) is 31.3 Å². The van der Waals surface area contributed by atoms with Gasteiger partial charge in [0.2, 0.25) is 0 Å². The lowest BCUT2D eigenvalue weighted by Gasteiger charge is -2.10. The Morgan fingerprint density at radius 3 is 2.50 bits per heavy atom. The van der Waals surface area contributed by atoms with Crippen molar-refractivity contribution in [2.24, 2.45) is 0 Å². The molecule has 0 bridgehead atoms. The van der Waals surface area contributed by atoms with Crippen molar-refractivity contribution in [1.82, 2.24) is 5.32 Å². The molecule has 7 heteroatoms. The minimum atomic E-state index is -3.56. The molecule has 1 aromatic heterocycles. The molecule has 2 N–H and O–H groups in total. The first kappa shape index (κ1) is 15.5. The van der Waals surface area contributed by atoms with Gasteiger partial charge in [-0.25, -0.2) is 8.42 Å². The van der Waals surface area contributed by atoms with E-state index in [-0.39, 0.29) is 0 Å². The summed E-state index contributed by atoms with van der Waals surface area (Å²) in [7, 11) is -1.76. The van der Waals surface area contributed by atoms with E-state index >= 15 is 0 Å². The number of sulfonamides is 1. The van der Waals surface area contributed by atoms with Gasteiger partial charge < -0.3 is 5.32 Å². The highest BCUT2D eigenvalue weighted by Crippen LogP contribution is 2.28. The summed E-state index contributed by atoms with van der Waals surface area (Å²) in [6.45, 7) is 2.35. The molecule has 0 saturated heterocycles. The minimum Gasteiger partial charge on any atom is -0.315 e. The molecule has 0 amide bonds. The predicted molar refractivity (Wildman–Crippen MR) is 86.8 cm³/mol. The van der Waals surface area contributed by atoms with Crippen LogP contribution in [0.2, 0.25) is 0 Å². The van der Waals surface area contributed by atoms with E-state index in [2.05, 4.69) is 26.0 Å². The molecule has 0 aliphatic heterocycles. The quantitative estimate of drug-likeness (QED) is 0.843. The molecule has 0 fully saturated rings. The van der Waals surface area contributed by atoms with E-state index < -0.39 is 10.0 Å². The molecular weight excluding hydrogens is 360 g/mol. The molecule has 0 aliphatic rings. The van der Waals surface area contributed by atoms with Crippen molar-refractivity contribution in [2.75, 3.05) is 11.8 Å². The number of thiophene rings is 1. The highest BCUT2D eigenvalue weighted by molar-refractivity contribution is 9.10. The summed E-state index contributed by atoms with van der Waals surface area (Å²) in [5, 5.41) is 4.86. The lowest BCUT2D eigenvalue weighted by atomic mass is 10.3. The summed E-state index contributed by atoms with van der Waals surface area (Å²) >= 11 is 4.78. The molecule has 2 rings (SSSR count). The summed E-state index contributed by atoms with van der Waals surface area (Å²) in [6.07, 6.45) is 0. The van der Waals surface area contributed by atoms with Crippen LogP contribution >= 0.6 is 27.3 Å². The van der Waals surface area contributed by atoms with Crippen LogP contribution in [0.4, 0.5) is 5.69 Å². The smallest absolute Gasteiger partial charge is 0.263 e. The topological polar surface area (TPSA) is 58.2 Å². The molecular formula is C13H15BrN2O2S2. The van der Waals surface area contributed by atoms with Crippen LogP contribution in [-0.4, -0.2) is 15.5 Å². The van der Waals surface area contributed by atoms with E-state index in [0.717, 1.165) is 14.9 Å². The molecule has 0 saturated carbocycles. The molecule has 2 aromatic rings. The van der Waals surface area contributed by atoms with Gasteiger partial charge in [-0.05, 0) is 49.2 Å². The number of nitrogens with one attached hydrogen (secondary N) is 2. The van der Waals surface area contributed by atoms with Crippen LogP contribution in [0.15, 0.2) is 39.0 Å². The van der Waals surface area contributed by atoms with Crippen LogP contribution in [0.25, 0.3) is 0 Å². The van der Waals surface area contributed by atoms with Crippen molar-refractivity contribution in [3.05, 3.63) is 44.6 Å². The summed E-state index contributed by atoms with van der Waals surface area (Å²) in [6, 6.07) is 7.04. The number of anilines is 1. The number of hydrogen-bond donors (Lipinski definition) is 2. The molecule has 0 radical (unpaired) electrons. The minimum absolute atomic E-state index is 0.375. The van der Waals surface area contributed by atoms with Gasteiger partial charge in [-0.1, -0.05) is 15.9 Å². The van der Waals surface area contributed by atoms with Gasteiger partial charge in [0.1, 0.15) is 4.90 Å². The highest BCUT2D eigenvalue weighted by Gasteiger charge is 2.22. The number of halogens is 1. The number of hydrogen-bond acceptors (Lipinski definition) is 4. The Morgan fingerprint density at radius 1 is 1.25 bits per heavy atom. The Balaban J connectivity index is 2.35. The van der Waals surface area contributed by atoms with E-state index in [1.165, 1.54) is 11.3 Å². The second kappa shape index (κ2) is 6.26. The maximum absolute atomic E-state index is 12.5. The van der Waals surface area contributed by atoms with Crippen molar-refractivity contribution < 1.29 is 8.42 Å². The number of aryl methyl sites for hydroxylation is 1. The van der Waals surface area contributed by atoms with E-state index in [4.69, 9.17) is 0 Å². The second-order valence-corrected chi connectivity index (χ2v) is 7.81. The third-order valence-electron chi connectivity index (χ3n) is 2.69. The van der Waals surface area contributed by atoms with Crippen LogP contribution in [-0.2, 0) is 16.6 Å². The molecule has 0 atom stereocenters. The van der Waals surface area contributed by atoms with Crippen molar-refractivity contribution >= 4 is 43.0 Å². The summed E-state index contributed by atoms with van der Waals surface area (Å²) in [5.74, 6) is 0. The van der Waals surface area contributed by atoms with E-state index in [1.807, 2.05) is 12.3 Å². The zero-order valence-electron chi connectivity index (χ0n) is 11.1. The number of benzene rings is 1. The molecule has 1 aromatic carbocycles. The molecule has 0 unspecified atom stereocenters. The van der Waals surface area contributed by atoms with Crippen LogP contribution < -0.4 is 10.0 Å². The highest BCUT2D eigenvalue weighted by atomic mass is 79.9. The Labute approximate surface area is 131 Å². The van der Waals surface area contributed by atoms with Crippen LogP contribution in [0.3, 0.4) is 0 Å². The third kappa shape index (κ3) is 3.41. The Kier molecular flexibility index (Phi) is 4.85. The second-order valence-electron chi connectivity index (χ2n) is 4.31. The van der Waals surface area contributed by atoms with Gasteiger partial charge >= 0.3 is 0 Å².